The Morgan fingerprint density at radius 3 is 2.79 bits per heavy atom. The van der Waals surface area contributed by atoms with Gasteiger partial charge < -0.3 is 15.3 Å². The van der Waals surface area contributed by atoms with E-state index >= 15 is 0 Å². The zero-order valence-electron chi connectivity index (χ0n) is 10.7. The molecule has 0 bridgehead atoms. The van der Waals surface area contributed by atoms with E-state index < -0.39 is 6.10 Å². The van der Waals surface area contributed by atoms with Gasteiger partial charge in [0.25, 0.3) is 0 Å². The first kappa shape index (κ1) is 13.5. The van der Waals surface area contributed by atoms with Crippen molar-refractivity contribution in [3.05, 3.63) is 23.4 Å². The van der Waals surface area contributed by atoms with Gasteiger partial charge in [0.2, 0.25) is 11.8 Å². The van der Waals surface area contributed by atoms with Gasteiger partial charge in [0.1, 0.15) is 0 Å². The summed E-state index contributed by atoms with van der Waals surface area (Å²) in [6, 6.07) is 0. The number of ketones is 1. The predicted molar refractivity (Wildman–Crippen MR) is 66.8 cm³/mol. The topological polar surface area (TPSA) is 86.7 Å². The van der Waals surface area contributed by atoms with Gasteiger partial charge in [-0.1, -0.05) is 0 Å². The van der Waals surface area contributed by atoms with Crippen LogP contribution in [-0.4, -0.2) is 46.8 Å². The molecule has 0 aliphatic carbocycles. The summed E-state index contributed by atoms with van der Waals surface area (Å²) in [5, 5.41) is 11.9. The number of nitrogens with zero attached hydrogens (tertiary/aromatic N) is 1. The molecule has 2 heterocycles. The van der Waals surface area contributed by atoms with E-state index in [1.165, 1.54) is 17.1 Å². The van der Waals surface area contributed by atoms with Crippen LogP contribution in [-0.2, 0) is 14.4 Å². The average molecular weight is 264 g/mol. The van der Waals surface area contributed by atoms with Gasteiger partial charge in [-0.05, 0) is 19.4 Å². The molecular formula is C13H16N2O4. The molecule has 1 saturated heterocycles. The summed E-state index contributed by atoms with van der Waals surface area (Å²) in [7, 11) is 0. The molecule has 102 valence electrons. The van der Waals surface area contributed by atoms with Gasteiger partial charge in [0.15, 0.2) is 5.78 Å². The van der Waals surface area contributed by atoms with Crippen LogP contribution in [0.3, 0.4) is 0 Å². The standard InChI is InChI=1S/C13H16N2O4/c1-8-10(11(17)6-12(18)14-8)2-3-13(19)15-5-4-9(16)7-15/h2-3,9,16H,4-7H2,1H3,(H,14,18)/b3-2+/t9-/m1/s1. The highest BCUT2D eigenvalue weighted by molar-refractivity contribution is 6.12. The molecule has 2 rings (SSSR count). The summed E-state index contributed by atoms with van der Waals surface area (Å²) in [4.78, 5) is 36.1. The molecule has 0 aromatic carbocycles. The molecular weight excluding hydrogens is 248 g/mol. The molecule has 6 nitrogen and oxygen atoms in total. The fraction of sp³-hybridized carbons (Fsp3) is 0.462. The number of carbonyl (C=O) groups is 3. The van der Waals surface area contributed by atoms with E-state index in [9.17, 15) is 19.5 Å². The predicted octanol–water partition coefficient (Wildman–Crippen LogP) is -0.501. The number of allylic oxidation sites excluding steroid dienone is 3. The van der Waals surface area contributed by atoms with Crippen LogP contribution in [0, 0.1) is 0 Å². The number of Topliss-reactive ketones (excluding diaryl/α,β-unsaturated/α-hetero) is 1. The van der Waals surface area contributed by atoms with Crippen LogP contribution < -0.4 is 5.32 Å². The fourth-order valence-electron chi connectivity index (χ4n) is 2.19. The Kier molecular flexibility index (Phi) is 3.80. The zero-order chi connectivity index (χ0) is 14.0. The summed E-state index contributed by atoms with van der Waals surface area (Å²) in [5.74, 6) is -0.845. The first-order valence-electron chi connectivity index (χ1n) is 6.16. The normalized spacial score (nSPS) is 24.3. The van der Waals surface area contributed by atoms with Gasteiger partial charge >= 0.3 is 0 Å². The van der Waals surface area contributed by atoms with E-state index in [1.807, 2.05) is 0 Å². The minimum Gasteiger partial charge on any atom is -0.391 e. The Morgan fingerprint density at radius 1 is 1.47 bits per heavy atom. The van der Waals surface area contributed by atoms with Crippen LogP contribution in [0.5, 0.6) is 0 Å². The van der Waals surface area contributed by atoms with Crippen LogP contribution in [0.1, 0.15) is 19.8 Å². The largest absolute Gasteiger partial charge is 0.391 e. The van der Waals surface area contributed by atoms with Gasteiger partial charge in [0, 0.05) is 30.4 Å². The minimum absolute atomic E-state index is 0.187. The molecule has 0 spiro atoms. The number of likely N-dealkylation sites (tertiary alicyclic amines) is 1. The molecule has 19 heavy (non-hydrogen) atoms. The molecule has 2 amide bonds. The van der Waals surface area contributed by atoms with Crippen LogP contribution >= 0.6 is 0 Å². The highest BCUT2D eigenvalue weighted by Crippen LogP contribution is 2.14. The number of amides is 2. The lowest BCUT2D eigenvalue weighted by molar-refractivity contribution is -0.127. The van der Waals surface area contributed by atoms with Crippen molar-refractivity contribution in [2.75, 3.05) is 13.1 Å². The number of carbonyl (C=O) groups excluding carboxylic acids is 3. The van der Waals surface area contributed by atoms with Gasteiger partial charge in [0.05, 0.1) is 12.5 Å². The molecule has 1 atom stereocenters. The molecule has 2 aliphatic heterocycles. The maximum absolute atomic E-state index is 11.8. The summed E-state index contributed by atoms with van der Waals surface area (Å²) >= 11 is 0. The monoisotopic (exact) mass is 264 g/mol. The molecule has 1 fully saturated rings. The molecule has 6 heteroatoms. The van der Waals surface area contributed by atoms with Gasteiger partial charge in [-0.2, -0.15) is 0 Å². The number of β-amino-alcohol motifs (C(OH)–C–C–N with tert-alkyl or cyclic N) is 1. The van der Waals surface area contributed by atoms with Crippen molar-refractivity contribution in [2.45, 2.75) is 25.9 Å². The quantitative estimate of drug-likeness (QED) is 0.520. The zero-order valence-corrected chi connectivity index (χ0v) is 10.7. The fourth-order valence-corrected chi connectivity index (χ4v) is 2.19. The van der Waals surface area contributed by atoms with Crippen molar-refractivity contribution in [3.8, 4) is 0 Å². The summed E-state index contributed by atoms with van der Waals surface area (Å²) in [5.41, 5.74) is 0.819. The number of hydrogen-bond acceptors (Lipinski definition) is 4. The van der Waals surface area contributed by atoms with Gasteiger partial charge in [-0.25, -0.2) is 0 Å². The third kappa shape index (κ3) is 3.08. The number of aliphatic hydroxyl groups is 1. The molecule has 0 saturated carbocycles. The number of aliphatic hydroxyl groups excluding tert-OH is 1. The van der Waals surface area contributed by atoms with E-state index in [0.717, 1.165) is 0 Å². The summed E-state index contributed by atoms with van der Waals surface area (Å²) in [6.07, 6.45) is 2.68. The van der Waals surface area contributed by atoms with E-state index in [1.54, 1.807) is 6.92 Å². The molecule has 2 N–H and O–H groups in total. The molecule has 0 aromatic heterocycles. The van der Waals surface area contributed by atoms with E-state index in [2.05, 4.69) is 5.32 Å². The summed E-state index contributed by atoms with van der Waals surface area (Å²) in [6.45, 7) is 2.47. The number of rotatable bonds is 2. The highest BCUT2D eigenvalue weighted by Gasteiger charge is 2.24. The Hall–Kier alpha value is -1.95. The second-order valence-electron chi connectivity index (χ2n) is 4.75. The van der Waals surface area contributed by atoms with E-state index in [-0.39, 0.29) is 24.0 Å². The Bertz CT molecular complexity index is 493. The summed E-state index contributed by atoms with van der Waals surface area (Å²) < 4.78 is 0. The molecule has 2 aliphatic rings. The van der Waals surface area contributed by atoms with Crippen molar-refractivity contribution < 1.29 is 19.5 Å². The Labute approximate surface area is 110 Å². The highest BCUT2D eigenvalue weighted by atomic mass is 16.3. The third-order valence-electron chi connectivity index (χ3n) is 3.22. The van der Waals surface area contributed by atoms with Crippen LogP contribution in [0.15, 0.2) is 23.4 Å². The third-order valence-corrected chi connectivity index (χ3v) is 3.22. The van der Waals surface area contributed by atoms with Crippen LogP contribution in [0.2, 0.25) is 0 Å². The smallest absolute Gasteiger partial charge is 0.246 e. The lowest BCUT2D eigenvalue weighted by atomic mass is 10.0. The average Bonchev–Trinajstić information content (AvgIpc) is 2.74. The van der Waals surface area contributed by atoms with Gasteiger partial charge in [-0.15, -0.1) is 0 Å². The Morgan fingerprint density at radius 2 is 2.21 bits per heavy atom. The molecule has 0 unspecified atom stereocenters. The van der Waals surface area contributed by atoms with Crippen molar-refractivity contribution in [1.29, 1.82) is 0 Å². The molecule has 0 aromatic rings. The number of nitrogens with one attached hydrogen (secondary N) is 1. The van der Waals surface area contributed by atoms with Crippen LogP contribution in [0.25, 0.3) is 0 Å². The van der Waals surface area contributed by atoms with Crippen molar-refractivity contribution in [1.82, 2.24) is 10.2 Å². The SMILES string of the molecule is CC1=C(/C=C/C(=O)N2CC[C@@H](O)C2)C(=O)CC(=O)N1. The lowest BCUT2D eigenvalue weighted by Crippen LogP contribution is -2.32. The minimum atomic E-state index is -0.464. The lowest BCUT2D eigenvalue weighted by Gasteiger charge is -2.16. The maximum Gasteiger partial charge on any atom is 0.246 e. The van der Waals surface area contributed by atoms with Gasteiger partial charge in [-0.3, -0.25) is 14.4 Å². The number of hydrogen-bond donors (Lipinski definition) is 2. The van der Waals surface area contributed by atoms with Crippen LogP contribution in [0.4, 0.5) is 0 Å². The van der Waals surface area contributed by atoms with E-state index in [4.69, 9.17) is 0 Å². The maximum atomic E-state index is 11.8. The second kappa shape index (κ2) is 5.36. The Balaban J connectivity index is 2.06. The molecule has 0 radical (unpaired) electrons. The van der Waals surface area contributed by atoms with Crippen molar-refractivity contribution in [3.63, 3.8) is 0 Å². The second-order valence-corrected chi connectivity index (χ2v) is 4.75. The first-order valence-corrected chi connectivity index (χ1v) is 6.16. The van der Waals surface area contributed by atoms with Crippen molar-refractivity contribution in [2.24, 2.45) is 0 Å². The van der Waals surface area contributed by atoms with Crippen molar-refractivity contribution >= 4 is 17.6 Å². The first-order chi connectivity index (χ1) is 8.97. The van der Waals surface area contributed by atoms with E-state index in [0.29, 0.717) is 30.8 Å².